The highest BCUT2D eigenvalue weighted by molar-refractivity contribution is 7.89. The van der Waals surface area contributed by atoms with Crippen LogP contribution in [-0.2, 0) is 24.3 Å². The molecule has 7 nitrogen and oxygen atoms in total. The first-order chi connectivity index (χ1) is 13.6. The van der Waals surface area contributed by atoms with Crippen LogP contribution in [0.1, 0.15) is 11.1 Å². The average Bonchev–Trinajstić information content (AvgIpc) is 2.66. The summed E-state index contributed by atoms with van der Waals surface area (Å²) in [6, 6.07) is 9.98. The van der Waals surface area contributed by atoms with Crippen molar-refractivity contribution in [2.75, 3.05) is 26.0 Å². The second-order valence-electron chi connectivity index (χ2n) is 6.31. The van der Waals surface area contributed by atoms with Gasteiger partial charge in [0.2, 0.25) is 10.0 Å². The summed E-state index contributed by atoms with van der Waals surface area (Å²) in [7, 11) is -0.840. The van der Waals surface area contributed by atoms with E-state index >= 15 is 0 Å². The van der Waals surface area contributed by atoms with Gasteiger partial charge in [0, 0.05) is 25.9 Å². The van der Waals surface area contributed by atoms with Gasteiger partial charge in [0.1, 0.15) is 5.82 Å². The van der Waals surface area contributed by atoms with Crippen molar-refractivity contribution in [3.63, 3.8) is 0 Å². The second-order valence-corrected chi connectivity index (χ2v) is 8.46. The van der Waals surface area contributed by atoms with Crippen LogP contribution in [0.15, 0.2) is 53.4 Å². The van der Waals surface area contributed by atoms with Gasteiger partial charge < -0.3 is 10.1 Å². The van der Waals surface area contributed by atoms with Crippen molar-refractivity contribution in [1.29, 1.82) is 0 Å². The van der Waals surface area contributed by atoms with Crippen molar-refractivity contribution < 1.29 is 27.1 Å². The van der Waals surface area contributed by atoms with Crippen LogP contribution >= 0.6 is 0 Å². The molecule has 0 fully saturated rings. The van der Waals surface area contributed by atoms with E-state index in [1.54, 1.807) is 19.1 Å². The monoisotopic (exact) mass is 420 g/mol. The second kappa shape index (κ2) is 9.44. The SMILES string of the molecule is Cc1ccc(S(=O)(=O)N(C)C)cc1NC(=O)COC(=O)/C=C/c1cccc(F)c1. The van der Waals surface area contributed by atoms with Gasteiger partial charge in [0.15, 0.2) is 6.61 Å². The Bertz CT molecular complexity index is 1050. The molecule has 0 aliphatic heterocycles. The fourth-order valence-electron chi connectivity index (χ4n) is 2.25. The standard InChI is InChI=1S/C20H21FN2O5S/c1-14-7-9-17(29(26,27)23(2)3)12-18(14)22-19(24)13-28-20(25)10-8-15-5-4-6-16(21)11-15/h4-12H,13H2,1-3H3,(H,22,24)/b10-8+. The van der Waals surface area contributed by atoms with E-state index in [0.29, 0.717) is 16.8 Å². The van der Waals surface area contributed by atoms with Gasteiger partial charge in [-0.1, -0.05) is 18.2 Å². The number of hydrogen-bond donors (Lipinski definition) is 1. The minimum Gasteiger partial charge on any atom is -0.452 e. The number of esters is 1. The van der Waals surface area contributed by atoms with Gasteiger partial charge in [-0.3, -0.25) is 4.79 Å². The number of carbonyl (C=O) groups is 2. The number of halogens is 1. The molecule has 9 heteroatoms. The average molecular weight is 420 g/mol. The van der Waals surface area contributed by atoms with Gasteiger partial charge in [-0.2, -0.15) is 0 Å². The maximum atomic E-state index is 13.1. The Balaban J connectivity index is 1.98. The van der Waals surface area contributed by atoms with E-state index < -0.39 is 34.3 Å². The third kappa shape index (κ3) is 6.23. The van der Waals surface area contributed by atoms with Crippen LogP contribution in [0.25, 0.3) is 6.08 Å². The fourth-order valence-corrected chi connectivity index (χ4v) is 3.18. The van der Waals surface area contributed by atoms with E-state index in [0.717, 1.165) is 10.4 Å². The number of anilines is 1. The lowest BCUT2D eigenvalue weighted by molar-refractivity contribution is -0.142. The molecule has 0 heterocycles. The van der Waals surface area contributed by atoms with Gasteiger partial charge in [0.05, 0.1) is 4.90 Å². The third-order valence-electron chi connectivity index (χ3n) is 3.87. The lowest BCUT2D eigenvalue weighted by atomic mass is 10.2. The smallest absolute Gasteiger partial charge is 0.331 e. The maximum absolute atomic E-state index is 13.1. The topological polar surface area (TPSA) is 92.8 Å². The molecule has 2 aromatic rings. The zero-order valence-corrected chi connectivity index (χ0v) is 17.0. The zero-order chi connectivity index (χ0) is 21.6. The van der Waals surface area contributed by atoms with Crippen LogP contribution in [0.2, 0.25) is 0 Å². The van der Waals surface area contributed by atoms with Crippen molar-refractivity contribution in [2.24, 2.45) is 0 Å². The predicted molar refractivity (Wildman–Crippen MR) is 107 cm³/mol. The Morgan fingerprint density at radius 1 is 1.17 bits per heavy atom. The Kier molecular flexibility index (Phi) is 7.24. The third-order valence-corrected chi connectivity index (χ3v) is 5.68. The van der Waals surface area contributed by atoms with Crippen LogP contribution in [0, 0.1) is 12.7 Å². The summed E-state index contributed by atoms with van der Waals surface area (Å²) in [5.74, 6) is -1.83. The molecule has 1 N–H and O–H groups in total. The van der Waals surface area contributed by atoms with Crippen LogP contribution in [0.5, 0.6) is 0 Å². The summed E-state index contributed by atoms with van der Waals surface area (Å²) < 4.78 is 43.4. The number of amides is 1. The number of benzene rings is 2. The van der Waals surface area contributed by atoms with E-state index in [9.17, 15) is 22.4 Å². The van der Waals surface area contributed by atoms with Crippen LogP contribution in [0.3, 0.4) is 0 Å². The summed E-state index contributed by atoms with van der Waals surface area (Å²) in [5.41, 5.74) is 1.42. The molecule has 29 heavy (non-hydrogen) atoms. The molecule has 0 atom stereocenters. The van der Waals surface area contributed by atoms with Crippen molar-refractivity contribution in [3.05, 3.63) is 65.5 Å². The Labute approximate surface area is 168 Å². The summed E-state index contributed by atoms with van der Waals surface area (Å²) in [4.78, 5) is 23.8. The van der Waals surface area contributed by atoms with Crippen molar-refractivity contribution in [2.45, 2.75) is 11.8 Å². The first-order valence-electron chi connectivity index (χ1n) is 8.53. The highest BCUT2D eigenvalue weighted by atomic mass is 32.2. The molecule has 1 amide bonds. The predicted octanol–water partition coefficient (Wildman–Crippen LogP) is 2.58. The van der Waals surface area contributed by atoms with E-state index in [2.05, 4.69) is 5.32 Å². The van der Waals surface area contributed by atoms with Gasteiger partial charge in [0.25, 0.3) is 5.91 Å². The van der Waals surface area contributed by atoms with Crippen molar-refractivity contribution in [1.82, 2.24) is 4.31 Å². The summed E-state index contributed by atoms with van der Waals surface area (Å²) in [5, 5.41) is 2.53. The summed E-state index contributed by atoms with van der Waals surface area (Å²) in [6.45, 7) is 1.14. The van der Waals surface area contributed by atoms with E-state index in [1.807, 2.05) is 0 Å². The number of sulfonamides is 1. The zero-order valence-electron chi connectivity index (χ0n) is 16.2. The molecule has 0 saturated heterocycles. The molecule has 0 unspecified atom stereocenters. The minimum atomic E-state index is -3.65. The maximum Gasteiger partial charge on any atom is 0.331 e. The van der Waals surface area contributed by atoms with Crippen LogP contribution in [0.4, 0.5) is 10.1 Å². The number of hydrogen-bond acceptors (Lipinski definition) is 5. The highest BCUT2D eigenvalue weighted by Crippen LogP contribution is 2.22. The van der Waals surface area contributed by atoms with Crippen molar-refractivity contribution >= 4 is 33.7 Å². The molecule has 0 aliphatic rings. The molecule has 2 aromatic carbocycles. The van der Waals surface area contributed by atoms with Crippen molar-refractivity contribution in [3.8, 4) is 0 Å². The number of rotatable bonds is 7. The van der Waals surface area contributed by atoms with Gasteiger partial charge in [-0.05, 0) is 48.4 Å². The quantitative estimate of drug-likeness (QED) is 0.549. The number of carbonyl (C=O) groups excluding carboxylic acids is 2. The minimum absolute atomic E-state index is 0.0263. The summed E-state index contributed by atoms with van der Waals surface area (Å²) in [6.07, 6.45) is 2.45. The molecule has 0 spiro atoms. The van der Waals surface area contributed by atoms with E-state index in [4.69, 9.17) is 4.74 Å². The van der Waals surface area contributed by atoms with E-state index in [1.165, 1.54) is 50.5 Å². The molecule has 0 saturated carbocycles. The molecule has 154 valence electrons. The first-order valence-corrected chi connectivity index (χ1v) is 9.97. The Morgan fingerprint density at radius 2 is 1.90 bits per heavy atom. The van der Waals surface area contributed by atoms with Gasteiger partial charge in [-0.15, -0.1) is 0 Å². The normalized spacial score (nSPS) is 11.6. The lowest BCUT2D eigenvalue weighted by Gasteiger charge is -2.14. The van der Waals surface area contributed by atoms with Gasteiger partial charge in [-0.25, -0.2) is 21.9 Å². The van der Waals surface area contributed by atoms with E-state index in [-0.39, 0.29) is 4.90 Å². The summed E-state index contributed by atoms with van der Waals surface area (Å²) >= 11 is 0. The first kappa shape index (κ1) is 22.3. The molecule has 0 radical (unpaired) electrons. The number of nitrogens with one attached hydrogen (secondary N) is 1. The Morgan fingerprint density at radius 3 is 2.55 bits per heavy atom. The molecular weight excluding hydrogens is 399 g/mol. The molecule has 0 aromatic heterocycles. The molecule has 0 aliphatic carbocycles. The lowest BCUT2D eigenvalue weighted by Crippen LogP contribution is -2.23. The number of ether oxygens (including phenoxy) is 1. The van der Waals surface area contributed by atoms with Crippen LogP contribution < -0.4 is 5.32 Å². The largest absolute Gasteiger partial charge is 0.452 e. The van der Waals surface area contributed by atoms with Crippen LogP contribution in [-0.4, -0.2) is 45.3 Å². The Hall–Kier alpha value is -3.04. The highest BCUT2D eigenvalue weighted by Gasteiger charge is 2.18. The fraction of sp³-hybridized carbons (Fsp3) is 0.200. The molecular formula is C20H21FN2O5S. The number of nitrogens with zero attached hydrogens (tertiary/aromatic N) is 1. The molecule has 0 bridgehead atoms. The number of aryl methyl sites for hydroxylation is 1. The van der Waals surface area contributed by atoms with Gasteiger partial charge >= 0.3 is 5.97 Å². The molecule has 2 rings (SSSR count).